The second-order valence-corrected chi connectivity index (χ2v) is 3.64. The topological polar surface area (TPSA) is 80.3 Å². The second-order valence-electron chi connectivity index (χ2n) is 3.64. The van der Waals surface area contributed by atoms with Gasteiger partial charge in [-0.1, -0.05) is 73.3 Å². The summed E-state index contributed by atoms with van der Waals surface area (Å²) in [4.78, 5) is 17.8. The standard InChI is InChI=1S/C8H7.C6H5.2C2H4O2.Pb/c1-2-8-6-4-3-5-7-8;1-2-4-6-5-3-1;2*1-2(3)4;/h1-7H;1-5H;2*1H3,(H,3,4);/q;;;;+2/p-2. The first-order chi connectivity index (χ1) is 10.4. The summed E-state index contributed by atoms with van der Waals surface area (Å²) in [6, 6.07) is 22.3. The molecule has 0 saturated carbocycles. The Morgan fingerprint density at radius 1 is 0.913 bits per heavy atom. The Labute approximate surface area is 157 Å². The van der Waals surface area contributed by atoms with Crippen LogP contribution in [-0.2, 0) is 9.59 Å². The molecule has 2 aromatic carbocycles. The van der Waals surface area contributed by atoms with Crippen LogP contribution >= 0.6 is 0 Å². The van der Waals surface area contributed by atoms with E-state index in [1.165, 1.54) is 0 Å². The summed E-state index contributed by atoms with van der Waals surface area (Å²) in [5.74, 6) is -2.17. The van der Waals surface area contributed by atoms with Crippen molar-refractivity contribution in [2.45, 2.75) is 13.8 Å². The summed E-state index contributed by atoms with van der Waals surface area (Å²) in [5.41, 5.74) is 1.06. The number of carboxylic acid groups (broad SMARTS) is 2. The zero-order valence-corrected chi connectivity index (χ0v) is 16.9. The SMILES string of the molecule is CC(=O)[O-].CC(=O)[O-].[CH]=Cc1ccccc1.[Pb+2].[c]1ccccc1. The maximum Gasteiger partial charge on any atom is 2.00 e. The van der Waals surface area contributed by atoms with Gasteiger partial charge >= 0.3 is 27.3 Å². The molecule has 0 heterocycles. The molecular weight excluding hydrogens is 487 g/mol. The largest absolute Gasteiger partial charge is 2.00 e. The van der Waals surface area contributed by atoms with Gasteiger partial charge in [0, 0.05) is 11.9 Å². The fourth-order valence-corrected chi connectivity index (χ4v) is 0.906. The Balaban J connectivity index is -0.000000240. The van der Waals surface area contributed by atoms with Crippen molar-refractivity contribution in [3.05, 3.63) is 78.9 Å². The molecule has 0 spiro atoms. The Bertz CT molecular complexity index is 466. The summed E-state index contributed by atoms with van der Waals surface area (Å²) in [5, 5.41) is 17.8. The van der Waals surface area contributed by atoms with E-state index in [1.807, 2.05) is 60.7 Å². The first kappa shape index (κ1) is 26.0. The van der Waals surface area contributed by atoms with E-state index >= 15 is 0 Å². The van der Waals surface area contributed by atoms with E-state index in [4.69, 9.17) is 26.4 Å². The van der Waals surface area contributed by atoms with Gasteiger partial charge in [0.25, 0.3) is 0 Å². The van der Waals surface area contributed by atoms with E-state index in [0.29, 0.717) is 0 Å². The van der Waals surface area contributed by atoms with E-state index < -0.39 is 11.9 Å². The third-order valence-electron chi connectivity index (χ3n) is 1.60. The van der Waals surface area contributed by atoms with Gasteiger partial charge in [-0.25, -0.2) is 0 Å². The predicted molar refractivity (Wildman–Crippen MR) is 87.6 cm³/mol. The van der Waals surface area contributed by atoms with Crippen molar-refractivity contribution in [1.82, 2.24) is 0 Å². The molecule has 4 nitrogen and oxygen atoms in total. The molecule has 0 unspecified atom stereocenters. The van der Waals surface area contributed by atoms with Crippen molar-refractivity contribution >= 4 is 45.3 Å². The average Bonchev–Trinajstić information content (AvgIpc) is 2.49. The Morgan fingerprint density at radius 3 is 1.43 bits per heavy atom. The molecule has 2 rings (SSSR count). The monoisotopic (exact) mass is 506 g/mol. The number of carbonyl (C=O) groups excluding carboxylic acids is 2. The predicted octanol–water partition coefficient (Wildman–Crippen LogP) is 0.751. The van der Waals surface area contributed by atoms with Gasteiger partial charge in [0.1, 0.15) is 0 Å². The number of aliphatic carboxylic acids is 2. The molecule has 0 amide bonds. The van der Waals surface area contributed by atoms with Crippen LogP contribution in [0.25, 0.3) is 6.08 Å². The molecule has 0 bridgehead atoms. The van der Waals surface area contributed by atoms with Crippen molar-refractivity contribution in [3.8, 4) is 0 Å². The number of carbonyl (C=O) groups is 2. The van der Waals surface area contributed by atoms with Crippen LogP contribution in [0.5, 0.6) is 0 Å². The van der Waals surface area contributed by atoms with Gasteiger partial charge < -0.3 is 19.8 Å². The van der Waals surface area contributed by atoms with Gasteiger partial charge in [-0.15, -0.1) is 0 Å². The first-order valence-corrected chi connectivity index (χ1v) is 6.26. The van der Waals surface area contributed by atoms with Crippen LogP contribution in [0.1, 0.15) is 19.4 Å². The molecule has 118 valence electrons. The minimum atomic E-state index is -1.08. The van der Waals surface area contributed by atoms with Gasteiger partial charge in [0.15, 0.2) is 0 Å². The van der Waals surface area contributed by atoms with Gasteiger partial charge in [-0.3, -0.25) is 0 Å². The molecule has 0 atom stereocenters. The maximum absolute atomic E-state index is 8.89. The number of hydrogen-bond donors (Lipinski definition) is 0. The summed E-state index contributed by atoms with van der Waals surface area (Å²) in [7, 11) is 0. The summed E-state index contributed by atoms with van der Waals surface area (Å²) in [6.07, 6.45) is 1.58. The third kappa shape index (κ3) is 33.1. The van der Waals surface area contributed by atoms with Crippen molar-refractivity contribution in [3.63, 3.8) is 0 Å². The fraction of sp³-hybridized carbons (Fsp3) is 0.111. The van der Waals surface area contributed by atoms with E-state index in [9.17, 15) is 0 Å². The zero-order valence-electron chi connectivity index (χ0n) is 13.1. The Kier molecular flexibility index (Phi) is 22.6. The van der Waals surface area contributed by atoms with Gasteiger partial charge in [-0.05, 0) is 25.5 Å². The minimum absolute atomic E-state index is 0. The number of carboxylic acids is 2. The number of rotatable bonds is 1. The van der Waals surface area contributed by atoms with Crippen LogP contribution in [0.2, 0.25) is 0 Å². The van der Waals surface area contributed by atoms with Crippen LogP contribution in [0.4, 0.5) is 0 Å². The molecule has 0 aromatic heterocycles. The van der Waals surface area contributed by atoms with Crippen LogP contribution in [0.3, 0.4) is 0 Å². The number of benzene rings is 2. The summed E-state index contributed by atoms with van der Waals surface area (Å²) < 4.78 is 0. The molecule has 0 aliphatic heterocycles. The van der Waals surface area contributed by atoms with E-state index in [2.05, 4.69) is 6.07 Å². The van der Waals surface area contributed by atoms with Crippen LogP contribution in [-0.4, -0.2) is 39.2 Å². The molecular formula is C18H18O4Pb. The summed E-state index contributed by atoms with van der Waals surface area (Å²) in [6.45, 7) is 7.17. The Morgan fingerprint density at radius 2 is 1.26 bits per heavy atom. The van der Waals surface area contributed by atoms with E-state index in [1.54, 1.807) is 6.08 Å². The summed E-state index contributed by atoms with van der Waals surface area (Å²) >= 11 is 0. The molecule has 0 aliphatic rings. The van der Waals surface area contributed by atoms with Crippen LogP contribution in [0, 0.1) is 12.6 Å². The second kappa shape index (κ2) is 20.0. The molecule has 0 N–H and O–H groups in total. The Hall–Kier alpha value is -1.96. The van der Waals surface area contributed by atoms with Crippen molar-refractivity contribution in [2.75, 3.05) is 0 Å². The van der Waals surface area contributed by atoms with Crippen LogP contribution < -0.4 is 10.2 Å². The molecule has 2 aromatic rings. The quantitative estimate of drug-likeness (QED) is 0.536. The van der Waals surface area contributed by atoms with Gasteiger partial charge in [0.05, 0.1) is 0 Å². The normalized spacial score (nSPS) is 7.22. The third-order valence-corrected chi connectivity index (χ3v) is 1.60. The van der Waals surface area contributed by atoms with Gasteiger partial charge in [-0.2, -0.15) is 0 Å². The minimum Gasteiger partial charge on any atom is -0.550 e. The zero-order chi connectivity index (χ0) is 17.2. The van der Waals surface area contributed by atoms with E-state index in [0.717, 1.165) is 19.4 Å². The fourth-order valence-electron chi connectivity index (χ4n) is 0.906. The average molecular weight is 506 g/mol. The molecule has 0 aliphatic carbocycles. The molecule has 5 heteroatoms. The molecule has 0 fully saturated rings. The van der Waals surface area contributed by atoms with Crippen molar-refractivity contribution < 1.29 is 19.8 Å². The van der Waals surface area contributed by atoms with Crippen LogP contribution in [0.15, 0.2) is 60.7 Å². The molecule has 23 heavy (non-hydrogen) atoms. The van der Waals surface area contributed by atoms with E-state index in [-0.39, 0.29) is 27.3 Å². The van der Waals surface area contributed by atoms with Crippen molar-refractivity contribution in [1.29, 1.82) is 0 Å². The number of hydrogen-bond acceptors (Lipinski definition) is 4. The molecule has 4 radical (unpaired) electrons. The first-order valence-electron chi connectivity index (χ1n) is 6.26. The maximum atomic E-state index is 8.89. The molecule has 0 saturated heterocycles. The van der Waals surface area contributed by atoms with Gasteiger partial charge in [0.2, 0.25) is 0 Å². The smallest absolute Gasteiger partial charge is 0.550 e. The van der Waals surface area contributed by atoms with Crippen molar-refractivity contribution in [2.24, 2.45) is 0 Å².